The first-order valence-electron chi connectivity index (χ1n) is 19.9. The van der Waals surface area contributed by atoms with Crippen LogP contribution in [0.15, 0.2) is 0 Å². The average molecular weight is 579 g/mol. The first-order valence-corrected chi connectivity index (χ1v) is 19.9. The van der Waals surface area contributed by atoms with E-state index in [0.29, 0.717) is 12.3 Å². The van der Waals surface area contributed by atoms with Gasteiger partial charge in [-0.25, -0.2) is 0 Å². The van der Waals surface area contributed by atoms with E-state index in [1.807, 2.05) is 0 Å². The minimum Gasteiger partial charge on any atom is -0.302 e. The maximum Gasteiger partial charge on any atom is 0.0602 e. The van der Waals surface area contributed by atoms with E-state index in [9.17, 15) is 0 Å². The van der Waals surface area contributed by atoms with Crippen LogP contribution in [-0.2, 0) is 0 Å². The molecule has 2 saturated heterocycles. The van der Waals surface area contributed by atoms with Gasteiger partial charge in [-0.15, -0.1) is 0 Å². The molecule has 2 aliphatic heterocycles. The van der Waals surface area contributed by atoms with E-state index < -0.39 is 0 Å². The fourth-order valence-corrected chi connectivity index (χ4v) is 13.4. The summed E-state index contributed by atoms with van der Waals surface area (Å²) in [5, 5.41) is 8.21. The topological polar surface area (TPSA) is 30.5 Å². The Morgan fingerprint density at radius 1 is 0.357 bits per heavy atom. The molecule has 10 unspecified atom stereocenters. The molecule has 238 valence electrons. The quantitative estimate of drug-likeness (QED) is 0.334. The predicted molar refractivity (Wildman–Crippen MR) is 174 cm³/mol. The Morgan fingerprint density at radius 2 is 0.762 bits per heavy atom. The Balaban J connectivity index is 1.08. The van der Waals surface area contributed by atoms with Crippen LogP contribution in [0.2, 0.25) is 0 Å². The lowest BCUT2D eigenvalue weighted by atomic mass is 9.46. The largest absolute Gasteiger partial charge is 0.302 e. The van der Waals surface area contributed by atoms with Crippen molar-refractivity contribution in [2.45, 2.75) is 191 Å². The van der Waals surface area contributed by atoms with Crippen LogP contribution in [0, 0.1) is 35.5 Å². The van der Waals surface area contributed by atoms with Crippen LogP contribution in [0.3, 0.4) is 0 Å². The molecule has 10 atom stereocenters. The number of nitrogens with zero attached hydrogens (tertiary/aromatic N) is 2. The number of rotatable bonds is 6. The number of piperidine rings is 2. The van der Waals surface area contributed by atoms with Gasteiger partial charge in [0.1, 0.15) is 0 Å². The standard InChI is InChI=1S/C38H66N4/c1-3-11-29(12-4-1)41(35-15-7-9-25-39-35)33-23-19-27-17-18-28-20-24-34(32-22-21-31(33)37(27)38(28)32)42(30-13-5-2-6-14-30)36-16-8-10-26-40-36/h27-40H,1-26H2. The summed E-state index contributed by atoms with van der Waals surface area (Å²) < 4.78 is 0. The summed E-state index contributed by atoms with van der Waals surface area (Å²) in [7, 11) is 0. The van der Waals surface area contributed by atoms with E-state index in [-0.39, 0.29) is 0 Å². The van der Waals surface area contributed by atoms with Crippen LogP contribution in [0.25, 0.3) is 0 Å². The first kappa shape index (κ1) is 29.3. The zero-order valence-corrected chi connectivity index (χ0v) is 27.2. The second-order valence-electron chi connectivity index (χ2n) is 16.9. The van der Waals surface area contributed by atoms with Crippen LogP contribution in [0.5, 0.6) is 0 Å². The first-order chi connectivity index (χ1) is 20.9. The molecule has 0 spiro atoms. The lowest BCUT2D eigenvalue weighted by molar-refractivity contribution is -0.151. The highest BCUT2D eigenvalue weighted by Gasteiger charge is 2.58. The molecule has 6 saturated carbocycles. The lowest BCUT2D eigenvalue weighted by Gasteiger charge is -2.64. The van der Waals surface area contributed by atoms with Crippen molar-refractivity contribution in [1.82, 2.24) is 20.4 Å². The van der Waals surface area contributed by atoms with Gasteiger partial charge in [0.25, 0.3) is 0 Å². The second-order valence-corrected chi connectivity index (χ2v) is 16.9. The third-order valence-corrected chi connectivity index (χ3v) is 15.0. The minimum atomic E-state index is 0.679. The molecule has 0 bridgehead atoms. The Labute approximate surface area is 259 Å². The Bertz CT molecular complexity index is 747. The van der Waals surface area contributed by atoms with Crippen LogP contribution in [0.4, 0.5) is 0 Å². The molecule has 0 aromatic rings. The molecule has 8 fully saturated rings. The Hall–Kier alpha value is -0.160. The van der Waals surface area contributed by atoms with Crippen molar-refractivity contribution in [3.63, 3.8) is 0 Å². The molecule has 8 aliphatic rings. The van der Waals surface area contributed by atoms with Gasteiger partial charge in [-0.3, -0.25) is 9.80 Å². The van der Waals surface area contributed by atoms with Crippen molar-refractivity contribution in [2.75, 3.05) is 13.1 Å². The second kappa shape index (κ2) is 13.3. The maximum atomic E-state index is 4.11. The highest BCUT2D eigenvalue weighted by atomic mass is 15.3. The fraction of sp³-hybridized carbons (Fsp3) is 1.00. The Kier molecular flexibility index (Phi) is 9.26. The maximum absolute atomic E-state index is 4.11. The van der Waals surface area contributed by atoms with Gasteiger partial charge in [0, 0.05) is 24.2 Å². The van der Waals surface area contributed by atoms with Gasteiger partial charge in [0.2, 0.25) is 0 Å². The van der Waals surface area contributed by atoms with Gasteiger partial charge >= 0.3 is 0 Å². The van der Waals surface area contributed by atoms with Gasteiger partial charge in [-0.2, -0.15) is 0 Å². The lowest BCUT2D eigenvalue weighted by Crippen LogP contribution is -2.66. The van der Waals surface area contributed by atoms with Crippen LogP contribution >= 0.6 is 0 Å². The SMILES string of the molecule is C1CCC(N(C2CCCCN2)C2CCC3CCC4CCC(N(C5CCCCC5)C5CCCCN5)C5CCC2C3C45)CC1. The highest BCUT2D eigenvalue weighted by Crippen LogP contribution is 2.62. The van der Waals surface area contributed by atoms with E-state index >= 15 is 0 Å². The van der Waals surface area contributed by atoms with Gasteiger partial charge in [-0.1, -0.05) is 38.5 Å². The van der Waals surface area contributed by atoms with Crippen molar-refractivity contribution in [3.8, 4) is 0 Å². The molecular formula is C38H66N4. The molecule has 42 heavy (non-hydrogen) atoms. The van der Waals surface area contributed by atoms with Crippen LogP contribution in [0.1, 0.15) is 154 Å². The summed E-state index contributed by atoms with van der Waals surface area (Å²) in [5.74, 6) is 6.19. The van der Waals surface area contributed by atoms with Crippen molar-refractivity contribution >= 4 is 0 Å². The average Bonchev–Trinajstić information content (AvgIpc) is 3.07. The minimum absolute atomic E-state index is 0.679. The van der Waals surface area contributed by atoms with Crippen molar-refractivity contribution in [3.05, 3.63) is 0 Å². The zero-order valence-electron chi connectivity index (χ0n) is 27.2. The predicted octanol–water partition coefficient (Wildman–Crippen LogP) is 8.06. The summed E-state index contributed by atoms with van der Waals surface area (Å²) in [6, 6.07) is 3.48. The van der Waals surface area contributed by atoms with Crippen molar-refractivity contribution in [2.24, 2.45) is 35.5 Å². The summed E-state index contributed by atoms with van der Waals surface area (Å²) in [4.78, 5) is 6.45. The summed E-state index contributed by atoms with van der Waals surface area (Å²) in [6.45, 7) is 2.52. The molecule has 8 rings (SSSR count). The van der Waals surface area contributed by atoms with Gasteiger partial charge in [0.15, 0.2) is 0 Å². The molecule has 0 aromatic carbocycles. The fourth-order valence-electron chi connectivity index (χ4n) is 13.4. The van der Waals surface area contributed by atoms with Crippen molar-refractivity contribution < 1.29 is 0 Å². The number of hydrogen-bond acceptors (Lipinski definition) is 4. The smallest absolute Gasteiger partial charge is 0.0602 e. The van der Waals surface area contributed by atoms with E-state index in [1.54, 1.807) is 38.5 Å². The van der Waals surface area contributed by atoms with Crippen LogP contribution < -0.4 is 10.6 Å². The molecule has 2 heterocycles. The van der Waals surface area contributed by atoms with Gasteiger partial charge in [-0.05, 0) is 164 Å². The summed E-state index contributed by atoms with van der Waals surface area (Å²) in [6.07, 6.45) is 37.1. The molecule has 0 radical (unpaired) electrons. The molecule has 6 aliphatic carbocycles. The Morgan fingerprint density at radius 3 is 1.17 bits per heavy atom. The van der Waals surface area contributed by atoms with E-state index in [1.165, 1.54) is 129 Å². The third-order valence-electron chi connectivity index (χ3n) is 15.0. The highest BCUT2D eigenvalue weighted by molar-refractivity contribution is 5.09. The molecule has 0 aromatic heterocycles. The van der Waals surface area contributed by atoms with E-state index in [0.717, 1.165) is 59.7 Å². The molecule has 2 N–H and O–H groups in total. The van der Waals surface area contributed by atoms with E-state index in [4.69, 9.17) is 0 Å². The zero-order chi connectivity index (χ0) is 27.9. The van der Waals surface area contributed by atoms with Gasteiger partial charge < -0.3 is 10.6 Å². The molecule has 4 heteroatoms. The molecule has 4 nitrogen and oxygen atoms in total. The van der Waals surface area contributed by atoms with E-state index in [2.05, 4.69) is 20.4 Å². The molecular weight excluding hydrogens is 512 g/mol. The number of nitrogens with one attached hydrogen (secondary N) is 2. The monoisotopic (exact) mass is 579 g/mol. The van der Waals surface area contributed by atoms with Gasteiger partial charge in [0.05, 0.1) is 12.3 Å². The third kappa shape index (κ3) is 5.57. The van der Waals surface area contributed by atoms with Crippen molar-refractivity contribution in [1.29, 1.82) is 0 Å². The normalized spacial score (nSPS) is 45.6. The summed E-state index contributed by atoms with van der Waals surface area (Å²) >= 11 is 0. The summed E-state index contributed by atoms with van der Waals surface area (Å²) in [5.41, 5.74) is 0. The molecule has 0 amide bonds. The number of hydrogen-bond donors (Lipinski definition) is 2. The van der Waals surface area contributed by atoms with Crippen LogP contribution in [-0.4, -0.2) is 59.4 Å².